The molecule has 0 aromatic heterocycles. The minimum absolute atomic E-state index is 0.102. The van der Waals surface area contributed by atoms with Crippen molar-refractivity contribution in [3.05, 3.63) is 35.9 Å². The second-order valence-electron chi connectivity index (χ2n) is 7.13. The predicted octanol–water partition coefficient (Wildman–Crippen LogP) is 6.48. The van der Waals surface area contributed by atoms with E-state index in [4.69, 9.17) is 11.6 Å². The van der Waals surface area contributed by atoms with Crippen LogP contribution in [0.4, 0.5) is 0 Å². The fourth-order valence-electron chi connectivity index (χ4n) is 2.73. The summed E-state index contributed by atoms with van der Waals surface area (Å²) in [7, 11) is 0. The van der Waals surface area contributed by atoms with Crippen molar-refractivity contribution in [3.8, 4) is 0 Å². The molecule has 0 heterocycles. The number of nitrogens with one attached hydrogen (secondary N) is 1. The molecule has 0 saturated carbocycles. The zero-order valence-corrected chi connectivity index (χ0v) is 18.0. The van der Waals surface area contributed by atoms with Crippen molar-refractivity contribution >= 4 is 23.3 Å². The highest BCUT2D eigenvalue weighted by molar-refractivity contribution is 6.25. The van der Waals surface area contributed by atoms with Crippen LogP contribution in [0.1, 0.15) is 84.5 Å². The van der Waals surface area contributed by atoms with E-state index in [1.165, 1.54) is 5.54 Å². The smallest absolute Gasteiger partial charge is 0.220 e. The van der Waals surface area contributed by atoms with E-state index in [2.05, 4.69) is 37.4 Å². The summed E-state index contributed by atoms with van der Waals surface area (Å²) in [6.45, 7) is 4.90. The Morgan fingerprint density at radius 2 is 1.74 bits per heavy atom. The lowest BCUT2D eigenvalue weighted by Crippen LogP contribution is -2.25. The summed E-state index contributed by atoms with van der Waals surface area (Å²) >= 11 is 5.43. The average Bonchev–Trinajstić information content (AvgIpc) is 2.63. The highest BCUT2D eigenvalue weighted by atomic mass is 35.5. The molecule has 0 aromatic rings. The van der Waals surface area contributed by atoms with Crippen molar-refractivity contribution < 1.29 is 9.59 Å². The standard InChI is InChI=1S/C23H38ClNO2/c1-3-4-5-9-13-16-23(27)25-19-17-21(2)20-22(26)15-12-10-7-6-8-11-14-18-24/h5,8-9,11,14,18,21H,3-4,6-7,10,12-13,15-17,19-20H2,1-2H3,(H,25,27)/b9-5+,11-8+,18-14-/t21-/m1/s1. The van der Waals surface area contributed by atoms with Crippen molar-refractivity contribution in [2.75, 3.05) is 6.54 Å². The lowest BCUT2D eigenvalue weighted by Gasteiger charge is -2.11. The fourth-order valence-corrected chi connectivity index (χ4v) is 2.82. The molecule has 0 saturated heterocycles. The second kappa shape index (κ2) is 19.4. The molecule has 3 nitrogen and oxygen atoms in total. The van der Waals surface area contributed by atoms with Gasteiger partial charge in [0.05, 0.1) is 0 Å². The second-order valence-corrected chi connectivity index (χ2v) is 7.38. The molecule has 1 N–H and O–H groups in total. The van der Waals surface area contributed by atoms with Crippen molar-refractivity contribution in [2.45, 2.75) is 84.5 Å². The average molecular weight is 396 g/mol. The van der Waals surface area contributed by atoms with Crippen LogP contribution in [0.25, 0.3) is 0 Å². The number of hydrogen-bond donors (Lipinski definition) is 1. The van der Waals surface area contributed by atoms with E-state index in [9.17, 15) is 9.59 Å². The van der Waals surface area contributed by atoms with E-state index in [0.29, 0.717) is 37.5 Å². The number of amides is 1. The van der Waals surface area contributed by atoms with Crippen LogP contribution in [0.5, 0.6) is 0 Å². The Hall–Kier alpha value is -1.35. The van der Waals surface area contributed by atoms with Gasteiger partial charge in [-0.1, -0.05) is 68.7 Å². The number of halogens is 1. The first kappa shape index (κ1) is 25.6. The van der Waals surface area contributed by atoms with Gasteiger partial charge in [0.15, 0.2) is 0 Å². The molecule has 0 bridgehead atoms. The monoisotopic (exact) mass is 395 g/mol. The van der Waals surface area contributed by atoms with Gasteiger partial charge in [0, 0.05) is 31.3 Å². The number of carbonyl (C=O) groups is 2. The third-order valence-electron chi connectivity index (χ3n) is 4.34. The zero-order chi connectivity index (χ0) is 20.2. The number of carbonyl (C=O) groups excluding carboxylic acids is 2. The lowest BCUT2D eigenvalue weighted by molar-refractivity contribution is -0.121. The Morgan fingerprint density at radius 1 is 0.963 bits per heavy atom. The normalized spacial score (nSPS) is 13.0. The number of unbranched alkanes of at least 4 members (excludes halogenated alkanes) is 4. The first-order valence-corrected chi connectivity index (χ1v) is 10.9. The van der Waals surface area contributed by atoms with Gasteiger partial charge in [-0.05, 0) is 44.4 Å². The summed E-state index contributed by atoms with van der Waals surface area (Å²) in [4.78, 5) is 23.8. The third kappa shape index (κ3) is 19.2. The molecule has 0 aliphatic rings. The van der Waals surface area contributed by atoms with E-state index in [0.717, 1.165) is 51.4 Å². The van der Waals surface area contributed by atoms with Crippen LogP contribution in [0, 0.1) is 5.92 Å². The Kier molecular flexibility index (Phi) is 18.4. The third-order valence-corrected chi connectivity index (χ3v) is 4.49. The largest absolute Gasteiger partial charge is 0.356 e. The van der Waals surface area contributed by atoms with Crippen LogP contribution in [-0.2, 0) is 9.59 Å². The van der Waals surface area contributed by atoms with Gasteiger partial charge in [-0.25, -0.2) is 0 Å². The van der Waals surface area contributed by atoms with Crippen LogP contribution >= 0.6 is 11.6 Å². The highest BCUT2D eigenvalue weighted by Gasteiger charge is 2.09. The minimum Gasteiger partial charge on any atom is -0.356 e. The van der Waals surface area contributed by atoms with Crippen LogP contribution in [0.15, 0.2) is 35.9 Å². The molecule has 154 valence electrons. The van der Waals surface area contributed by atoms with Crippen LogP contribution < -0.4 is 5.32 Å². The summed E-state index contributed by atoms with van der Waals surface area (Å²) in [5.41, 5.74) is 1.49. The van der Waals surface area contributed by atoms with E-state index in [1.54, 1.807) is 6.08 Å². The fraction of sp³-hybridized carbons (Fsp3) is 0.652. The van der Waals surface area contributed by atoms with Crippen LogP contribution in [-0.4, -0.2) is 18.2 Å². The molecule has 0 fully saturated rings. The quantitative estimate of drug-likeness (QED) is 0.174. The Labute approximate surface area is 171 Å². The van der Waals surface area contributed by atoms with Crippen LogP contribution in [0.2, 0.25) is 0 Å². The van der Waals surface area contributed by atoms with E-state index < -0.39 is 0 Å². The first-order chi connectivity index (χ1) is 13.1. The molecule has 4 heteroatoms. The number of ketones is 1. The lowest BCUT2D eigenvalue weighted by atomic mass is 9.98. The van der Waals surface area contributed by atoms with Gasteiger partial charge in [-0.3, -0.25) is 9.59 Å². The molecular formula is C23H38ClNO2. The van der Waals surface area contributed by atoms with Gasteiger partial charge in [0.25, 0.3) is 0 Å². The molecular weight excluding hydrogens is 358 g/mol. The summed E-state index contributed by atoms with van der Waals surface area (Å²) < 4.78 is 0. The molecule has 0 aromatic carbocycles. The Bertz CT molecular complexity index is 469. The maximum atomic E-state index is 12.0. The molecule has 1 atom stereocenters. The molecule has 27 heavy (non-hydrogen) atoms. The summed E-state index contributed by atoms with van der Waals surface area (Å²) in [5, 5.41) is 2.95. The maximum Gasteiger partial charge on any atom is 0.220 e. The van der Waals surface area contributed by atoms with E-state index >= 15 is 0 Å². The molecule has 0 unspecified atom stereocenters. The molecule has 1 amide bonds. The predicted molar refractivity (Wildman–Crippen MR) is 117 cm³/mol. The van der Waals surface area contributed by atoms with E-state index in [1.807, 2.05) is 6.08 Å². The van der Waals surface area contributed by atoms with Crippen molar-refractivity contribution in [1.29, 1.82) is 0 Å². The minimum atomic E-state index is 0.102. The number of allylic oxidation sites excluding steroid dienone is 5. The molecule has 0 rings (SSSR count). The van der Waals surface area contributed by atoms with Crippen molar-refractivity contribution in [1.82, 2.24) is 5.32 Å². The first-order valence-electron chi connectivity index (χ1n) is 10.4. The van der Waals surface area contributed by atoms with Crippen LogP contribution in [0.3, 0.4) is 0 Å². The number of hydrogen-bond acceptors (Lipinski definition) is 2. The maximum absolute atomic E-state index is 12.0. The van der Waals surface area contributed by atoms with Gasteiger partial charge < -0.3 is 5.32 Å². The van der Waals surface area contributed by atoms with Gasteiger partial charge in [-0.15, -0.1) is 0 Å². The van der Waals surface area contributed by atoms with E-state index in [-0.39, 0.29) is 5.91 Å². The van der Waals surface area contributed by atoms with Gasteiger partial charge in [0.2, 0.25) is 5.91 Å². The summed E-state index contributed by atoms with van der Waals surface area (Å²) in [6.07, 6.45) is 20.0. The molecule has 0 aliphatic carbocycles. The topological polar surface area (TPSA) is 46.2 Å². The summed E-state index contributed by atoms with van der Waals surface area (Å²) in [5.74, 6) is 0.772. The van der Waals surface area contributed by atoms with Crippen molar-refractivity contribution in [3.63, 3.8) is 0 Å². The molecule has 0 radical (unpaired) electrons. The van der Waals surface area contributed by atoms with Crippen molar-refractivity contribution in [2.24, 2.45) is 5.92 Å². The number of Topliss-reactive ketones (excluding diaryl/α,β-unsaturated/α-hetero) is 1. The zero-order valence-electron chi connectivity index (χ0n) is 17.2. The van der Waals surface area contributed by atoms with Gasteiger partial charge in [-0.2, -0.15) is 0 Å². The molecule has 0 aliphatic heterocycles. The van der Waals surface area contributed by atoms with Gasteiger partial charge in [0.1, 0.15) is 5.78 Å². The highest BCUT2D eigenvalue weighted by Crippen LogP contribution is 2.12. The number of rotatable bonds is 17. The summed E-state index contributed by atoms with van der Waals surface area (Å²) in [6, 6.07) is 0. The Balaban J connectivity index is 3.61. The Morgan fingerprint density at radius 3 is 2.48 bits per heavy atom. The SMILES string of the molecule is CCC/C=C/CCC(=O)NCC[C@@H](C)CC(=O)CCCCC/C=C/C=C\Cl. The van der Waals surface area contributed by atoms with Gasteiger partial charge >= 0.3 is 0 Å². The molecule has 0 spiro atoms.